The molecule has 26 heavy (non-hydrogen) atoms. The van der Waals surface area contributed by atoms with E-state index in [-0.39, 0.29) is 28.7 Å². The number of nitrogens with one attached hydrogen (secondary N) is 3. The van der Waals surface area contributed by atoms with Crippen LogP contribution in [0.5, 0.6) is 0 Å². The highest BCUT2D eigenvalue weighted by molar-refractivity contribution is 7.89. The smallest absolute Gasteiger partial charge is 0.241 e. The molecule has 144 valence electrons. The summed E-state index contributed by atoms with van der Waals surface area (Å²) in [6, 6.07) is 6.84. The second-order valence-electron chi connectivity index (χ2n) is 8.55. The Bertz CT molecular complexity index is 777. The normalized spacial score (nSPS) is 22.2. The van der Waals surface area contributed by atoms with Gasteiger partial charge >= 0.3 is 0 Å². The molecule has 1 aromatic carbocycles. The Hall–Kier alpha value is -1.44. The van der Waals surface area contributed by atoms with E-state index in [1.807, 2.05) is 0 Å². The average molecular weight is 380 g/mol. The van der Waals surface area contributed by atoms with Gasteiger partial charge in [-0.25, -0.2) is 13.1 Å². The summed E-state index contributed by atoms with van der Waals surface area (Å²) in [5.41, 5.74) is 0.219. The maximum Gasteiger partial charge on any atom is 0.241 e. The van der Waals surface area contributed by atoms with Crippen LogP contribution in [0.3, 0.4) is 0 Å². The highest BCUT2D eigenvalue weighted by Gasteiger charge is 2.57. The first-order valence-electron chi connectivity index (χ1n) is 9.23. The minimum atomic E-state index is -3.64. The van der Waals surface area contributed by atoms with E-state index in [2.05, 4.69) is 15.4 Å². The van der Waals surface area contributed by atoms with Crippen molar-refractivity contribution in [3.05, 3.63) is 29.8 Å². The summed E-state index contributed by atoms with van der Waals surface area (Å²) >= 11 is 0. The molecule has 2 fully saturated rings. The third kappa shape index (κ3) is 4.27. The zero-order valence-corrected chi connectivity index (χ0v) is 16.6. The van der Waals surface area contributed by atoms with Crippen molar-refractivity contribution in [1.29, 1.82) is 0 Å². The van der Waals surface area contributed by atoms with Gasteiger partial charge in [-0.1, -0.05) is 18.2 Å². The van der Waals surface area contributed by atoms with Gasteiger partial charge in [-0.05, 0) is 70.2 Å². The zero-order valence-electron chi connectivity index (χ0n) is 15.8. The topological polar surface area (TPSA) is 87.3 Å². The van der Waals surface area contributed by atoms with Gasteiger partial charge in [0.25, 0.3) is 0 Å². The fourth-order valence-electron chi connectivity index (χ4n) is 3.87. The maximum atomic E-state index is 12.7. The number of hydrogen-bond donors (Lipinski definition) is 3. The molecule has 1 spiro atoms. The molecule has 7 heteroatoms. The van der Waals surface area contributed by atoms with Gasteiger partial charge < -0.3 is 10.6 Å². The predicted molar refractivity (Wildman–Crippen MR) is 101 cm³/mol. The largest absolute Gasteiger partial charge is 0.352 e. The lowest BCUT2D eigenvalue weighted by Crippen LogP contribution is -2.41. The number of sulfonamides is 1. The van der Waals surface area contributed by atoms with Crippen LogP contribution in [0.4, 0.5) is 0 Å². The Morgan fingerprint density at radius 3 is 2.54 bits per heavy atom. The Balaban J connectivity index is 1.67. The fraction of sp³-hybridized carbons (Fsp3) is 0.632. The average Bonchev–Trinajstić information content (AvgIpc) is 3.24. The summed E-state index contributed by atoms with van der Waals surface area (Å²) in [7, 11) is -3.64. The van der Waals surface area contributed by atoms with Crippen LogP contribution in [-0.2, 0) is 21.4 Å². The van der Waals surface area contributed by atoms with Crippen LogP contribution >= 0.6 is 0 Å². The van der Waals surface area contributed by atoms with E-state index in [4.69, 9.17) is 0 Å². The van der Waals surface area contributed by atoms with Crippen molar-refractivity contribution < 1.29 is 13.2 Å². The van der Waals surface area contributed by atoms with Crippen LogP contribution in [-0.4, -0.2) is 33.0 Å². The van der Waals surface area contributed by atoms with Crippen molar-refractivity contribution in [2.24, 2.45) is 11.3 Å². The highest BCUT2D eigenvalue weighted by atomic mass is 32.2. The molecule has 1 atom stereocenters. The number of carbonyl (C=O) groups is 1. The molecule has 1 aromatic rings. The highest BCUT2D eigenvalue weighted by Crippen LogP contribution is 2.58. The number of hydrogen-bond acceptors (Lipinski definition) is 4. The van der Waals surface area contributed by atoms with Gasteiger partial charge in [-0.2, -0.15) is 0 Å². The van der Waals surface area contributed by atoms with Crippen molar-refractivity contribution >= 4 is 15.9 Å². The van der Waals surface area contributed by atoms with E-state index < -0.39 is 15.6 Å². The molecule has 0 radical (unpaired) electrons. The number of carbonyl (C=O) groups excluding carboxylic acids is 1. The van der Waals surface area contributed by atoms with E-state index >= 15 is 0 Å². The molecule has 6 nitrogen and oxygen atoms in total. The molecule has 3 N–H and O–H groups in total. The van der Waals surface area contributed by atoms with E-state index in [1.165, 1.54) is 0 Å². The third-order valence-corrected chi connectivity index (χ3v) is 7.12. The van der Waals surface area contributed by atoms with Crippen molar-refractivity contribution in [1.82, 2.24) is 15.4 Å². The zero-order chi connectivity index (χ0) is 19.0. The SMILES string of the molecule is CC(C)(C)NS(=O)(=O)c1ccccc1CNC(=O)C1CC12CCNCC2. The molecule has 1 saturated carbocycles. The van der Waals surface area contributed by atoms with E-state index in [9.17, 15) is 13.2 Å². The minimum absolute atomic E-state index is 0.0443. The number of benzene rings is 1. The first kappa shape index (κ1) is 19.3. The van der Waals surface area contributed by atoms with Gasteiger partial charge in [0.05, 0.1) is 4.90 Å². The maximum absolute atomic E-state index is 12.7. The molecule has 1 aliphatic carbocycles. The van der Waals surface area contributed by atoms with Crippen LogP contribution in [0.2, 0.25) is 0 Å². The van der Waals surface area contributed by atoms with E-state index in [0.29, 0.717) is 5.56 Å². The van der Waals surface area contributed by atoms with Gasteiger partial charge in [0.2, 0.25) is 15.9 Å². The van der Waals surface area contributed by atoms with E-state index in [1.54, 1.807) is 45.0 Å². The molecule has 1 saturated heterocycles. The Morgan fingerprint density at radius 2 is 1.88 bits per heavy atom. The number of rotatable bonds is 5. The Morgan fingerprint density at radius 1 is 1.23 bits per heavy atom. The van der Waals surface area contributed by atoms with Gasteiger partial charge in [-0.3, -0.25) is 4.79 Å². The first-order valence-corrected chi connectivity index (χ1v) is 10.7. The second-order valence-corrected chi connectivity index (χ2v) is 10.2. The second kappa shape index (κ2) is 6.94. The molecule has 0 bridgehead atoms. The van der Waals surface area contributed by atoms with Crippen LogP contribution < -0.4 is 15.4 Å². The molecular weight excluding hydrogens is 350 g/mol. The van der Waals surface area contributed by atoms with Gasteiger partial charge in [0, 0.05) is 18.0 Å². The molecule has 1 heterocycles. The summed E-state index contributed by atoms with van der Waals surface area (Å²) in [5, 5.41) is 6.29. The summed E-state index contributed by atoms with van der Waals surface area (Å²) in [5.74, 6) is 0.115. The molecular formula is C19H29N3O3S. The lowest BCUT2D eigenvalue weighted by molar-refractivity contribution is -0.123. The summed E-state index contributed by atoms with van der Waals surface area (Å²) in [6.45, 7) is 7.60. The molecule has 1 unspecified atom stereocenters. The Labute approximate surface area is 156 Å². The van der Waals surface area contributed by atoms with Gasteiger partial charge in [0.15, 0.2) is 0 Å². The van der Waals surface area contributed by atoms with Crippen LogP contribution in [0.15, 0.2) is 29.2 Å². The minimum Gasteiger partial charge on any atom is -0.352 e. The molecule has 2 aliphatic rings. The monoisotopic (exact) mass is 379 g/mol. The van der Waals surface area contributed by atoms with Gasteiger partial charge in [0.1, 0.15) is 0 Å². The quantitative estimate of drug-likeness (QED) is 0.728. The number of amides is 1. The lowest BCUT2D eigenvalue weighted by Gasteiger charge is -2.23. The Kier molecular flexibility index (Phi) is 5.16. The van der Waals surface area contributed by atoms with Crippen molar-refractivity contribution in [2.45, 2.75) is 57.0 Å². The van der Waals surface area contributed by atoms with Crippen molar-refractivity contribution in [3.8, 4) is 0 Å². The fourth-order valence-corrected chi connectivity index (χ4v) is 5.53. The van der Waals surface area contributed by atoms with Crippen LogP contribution in [0, 0.1) is 11.3 Å². The standard InChI is InChI=1S/C19H29N3O3S/c1-18(2,3)22-26(24,25)16-7-5-4-6-14(16)13-21-17(23)15-12-19(15)8-10-20-11-9-19/h4-7,15,20,22H,8-13H2,1-3H3,(H,21,23). The molecule has 1 amide bonds. The molecule has 0 aromatic heterocycles. The summed E-state index contributed by atoms with van der Waals surface area (Å²) in [6.07, 6.45) is 3.04. The molecule has 3 rings (SSSR count). The number of piperidine rings is 1. The van der Waals surface area contributed by atoms with E-state index in [0.717, 1.165) is 32.4 Å². The van der Waals surface area contributed by atoms with Crippen LogP contribution in [0.25, 0.3) is 0 Å². The predicted octanol–water partition coefficient (Wildman–Crippen LogP) is 1.77. The summed E-state index contributed by atoms with van der Waals surface area (Å²) in [4.78, 5) is 12.8. The lowest BCUT2D eigenvalue weighted by atomic mass is 9.92. The third-order valence-electron chi connectivity index (χ3n) is 5.26. The van der Waals surface area contributed by atoms with Crippen molar-refractivity contribution in [3.63, 3.8) is 0 Å². The van der Waals surface area contributed by atoms with Crippen molar-refractivity contribution in [2.75, 3.05) is 13.1 Å². The molecule has 1 aliphatic heterocycles. The van der Waals surface area contributed by atoms with Crippen LogP contribution in [0.1, 0.15) is 45.6 Å². The first-order chi connectivity index (χ1) is 12.1. The van der Waals surface area contributed by atoms with Gasteiger partial charge in [-0.15, -0.1) is 0 Å². The summed E-state index contributed by atoms with van der Waals surface area (Å²) < 4.78 is 28.0.